The third kappa shape index (κ3) is 1.13. The summed E-state index contributed by atoms with van der Waals surface area (Å²) in [7, 11) is 0. The Bertz CT molecular complexity index is 260. The highest BCUT2D eigenvalue weighted by atomic mass is 15.4. The molecule has 0 amide bonds. The Labute approximate surface area is 72.8 Å². The molecule has 0 aromatic carbocycles. The molecule has 2 rings (SSSR count). The average Bonchev–Trinajstić information content (AvgIpc) is 2.31. The standard InChI is InChI=1S/C9H15N3/c1-7(2)9-10-6-11-12(9)8-4-3-5-8/h6-8H,3-5H2,1-2H3. The van der Waals surface area contributed by atoms with Crippen LogP contribution in [0.1, 0.15) is 50.9 Å². The Balaban J connectivity index is 2.23. The fourth-order valence-corrected chi connectivity index (χ4v) is 1.59. The van der Waals surface area contributed by atoms with Gasteiger partial charge in [-0.1, -0.05) is 13.8 Å². The Morgan fingerprint density at radius 1 is 1.50 bits per heavy atom. The van der Waals surface area contributed by atoms with E-state index in [9.17, 15) is 0 Å². The van der Waals surface area contributed by atoms with E-state index >= 15 is 0 Å². The van der Waals surface area contributed by atoms with Crippen LogP contribution < -0.4 is 0 Å². The predicted octanol–water partition coefficient (Wildman–Crippen LogP) is 2.13. The Kier molecular flexibility index (Phi) is 1.87. The average molecular weight is 165 g/mol. The molecule has 0 unspecified atom stereocenters. The van der Waals surface area contributed by atoms with Crippen LogP contribution in [0.3, 0.4) is 0 Å². The first kappa shape index (κ1) is 7.77. The maximum absolute atomic E-state index is 4.27. The lowest BCUT2D eigenvalue weighted by Crippen LogP contribution is -2.21. The molecule has 1 aliphatic carbocycles. The first-order valence-corrected chi connectivity index (χ1v) is 4.68. The quantitative estimate of drug-likeness (QED) is 0.672. The second-order valence-corrected chi connectivity index (χ2v) is 3.80. The van der Waals surface area contributed by atoms with Crippen molar-refractivity contribution in [2.45, 2.75) is 45.1 Å². The van der Waals surface area contributed by atoms with Gasteiger partial charge in [0.1, 0.15) is 12.2 Å². The minimum absolute atomic E-state index is 0.494. The maximum Gasteiger partial charge on any atom is 0.138 e. The van der Waals surface area contributed by atoms with Gasteiger partial charge in [0.25, 0.3) is 0 Å². The molecule has 1 aliphatic rings. The highest BCUT2D eigenvalue weighted by molar-refractivity contribution is 4.95. The van der Waals surface area contributed by atoms with Crippen molar-refractivity contribution in [2.75, 3.05) is 0 Å². The van der Waals surface area contributed by atoms with E-state index in [1.54, 1.807) is 6.33 Å². The van der Waals surface area contributed by atoms with Gasteiger partial charge < -0.3 is 0 Å². The zero-order chi connectivity index (χ0) is 8.55. The van der Waals surface area contributed by atoms with Gasteiger partial charge in [0.2, 0.25) is 0 Å². The molecule has 0 atom stereocenters. The summed E-state index contributed by atoms with van der Waals surface area (Å²) in [6.07, 6.45) is 5.59. The number of rotatable bonds is 2. The molecule has 1 aromatic heterocycles. The second-order valence-electron chi connectivity index (χ2n) is 3.80. The minimum atomic E-state index is 0.494. The van der Waals surface area contributed by atoms with Crippen LogP contribution in [0.4, 0.5) is 0 Å². The van der Waals surface area contributed by atoms with Crippen molar-refractivity contribution in [2.24, 2.45) is 0 Å². The van der Waals surface area contributed by atoms with Crippen molar-refractivity contribution in [3.05, 3.63) is 12.2 Å². The van der Waals surface area contributed by atoms with Crippen LogP contribution >= 0.6 is 0 Å². The molecule has 0 aliphatic heterocycles. The molecule has 1 aromatic rings. The highest BCUT2D eigenvalue weighted by Gasteiger charge is 2.23. The van der Waals surface area contributed by atoms with Crippen molar-refractivity contribution in [1.82, 2.24) is 14.8 Å². The van der Waals surface area contributed by atoms with Crippen LogP contribution in [-0.4, -0.2) is 14.8 Å². The predicted molar refractivity (Wildman–Crippen MR) is 47.0 cm³/mol. The summed E-state index contributed by atoms with van der Waals surface area (Å²) < 4.78 is 2.11. The fourth-order valence-electron chi connectivity index (χ4n) is 1.59. The first-order valence-electron chi connectivity index (χ1n) is 4.68. The number of nitrogens with zero attached hydrogens (tertiary/aromatic N) is 3. The van der Waals surface area contributed by atoms with E-state index < -0.39 is 0 Å². The summed E-state index contributed by atoms with van der Waals surface area (Å²) in [4.78, 5) is 4.27. The van der Waals surface area contributed by atoms with Gasteiger partial charge in [-0.3, -0.25) is 0 Å². The summed E-state index contributed by atoms with van der Waals surface area (Å²) in [6.45, 7) is 4.33. The van der Waals surface area contributed by atoms with Crippen LogP contribution in [0, 0.1) is 0 Å². The normalized spacial score (nSPS) is 18.2. The van der Waals surface area contributed by atoms with Gasteiger partial charge in [-0.25, -0.2) is 9.67 Å². The SMILES string of the molecule is CC(C)c1ncnn1C1CCC1. The molecule has 0 bridgehead atoms. The Morgan fingerprint density at radius 2 is 2.25 bits per heavy atom. The van der Waals surface area contributed by atoms with Gasteiger partial charge in [-0.15, -0.1) is 0 Å². The molecule has 0 radical (unpaired) electrons. The van der Waals surface area contributed by atoms with Gasteiger partial charge in [0, 0.05) is 5.92 Å². The molecule has 1 fully saturated rings. The summed E-state index contributed by atoms with van der Waals surface area (Å²) in [5.74, 6) is 1.63. The monoisotopic (exact) mass is 165 g/mol. The van der Waals surface area contributed by atoms with E-state index in [4.69, 9.17) is 0 Å². The molecule has 0 N–H and O–H groups in total. The number of aromatic nitrogens is 3. The topological polar surface area (TPSA) is 30.7 Å². The van der Waals surface area contributed by atoms with Gasteiger partial charge in [-0.2, -0.15) is 5.10 Å². The van der Waals surface area contributed by atoms with E-state index in [1.807, 2.05) is 0 Å². The molecule has 12 heavy (non-hydrogen) atoms. The third-order valence-electron chi connectivity index (χ3n) is 2.54. The van der Waals surface area contributed by atoms with Crippen molar-refractivity contribution >= 4 is 0 Å². The van der Waals surface area contributed by atoms with Crippen molar-refractivity contribution in [3.8, 4) is 0 Å². The van der Waals surface area contributed by atoms with Crippen LogP contribution in [0.5, 0.6) is 0 Å². The zero-order valence-corrected chi connectivity index (χ0v) is 7.70. The zero-order valence-electron chi connectivity index (χ0n) is 7.70. The van der Waals surface area contributed by atoms with Gasteiger partial charge >= 0.3 is 0 Å². The Hall–Kier alpha value is -0.860. The van der Waals surface area contributed by atoms with E-state index in [0.29, 0.717) is 12.0 Å². The first-order chi connectivity index (χ1) is 5.79. The van der Waals surface area contributed by atoms with Crippen LogP contribution in [0.2, 0.25) is 0 Å². The molecule has 3 nitrogen and oxygen atoms in total. The summed E-state index contributed by atoms with van der Waals surface area (Å²) >= 11 is 0. The number of hydrogen-bond acceptors (Lipinski definition) is 2. The lowest BCUT2D eigenvalue weighted by Gasteiger charge is -2.27. The summed E-state index contributed by atoms with van der Waals surface area (Å²) in [5, 5.41) is 4.27. The molecule has 66 valence electrons. The van der Waals surface area contributed by atoms with Crippen molar-refractivity contribution < 1.29 is 0 Å². The van der Waals surface area contributed by atoms with Crippen molar-refractivity contribution in [3.63, 3.8) is 0 Å². The van der Waals surface area contributed by atoms with Gasteiger partial charge in [-0.05, 0) is 19.3 Å². The lowest BCUT2D eigenvalue weighted by molar-refractivity contribution is 0.278. The van der Waals surface area contributed by atoms with Gasteiger partial charge in [0.05, 0.1) is 6.04 Å². The highest BCUT2D eigenvalue weighted by Crippen LogP contribution is 2.32. The van der Waals surface area contributed by atoms with Gasteiger partial charge in [0.15, 0.2) is 0 Å². The van der Waals surface area contributed by atoms with E-state index in [0.717, 1.165) is 5.82 Å². The minimum Gasteiger partial charge on any atom is -0.247 e. The van der Waals surface area contributed by atoms with Crippen molar-refractivity contribution in [1.29, 1.82) is 0 Å². The summed E-state index contributed by atoms with van der Waals surface area (Å²) in [6, 6.07) is 0.643. The van der Waals surface area contributed by atoms with E-state index in [-0.39, 0.29) is 0 Å². The van der Waals surface area contributed by atoms with Crippen LogP contribution in [0.15, 0.2) is 6.33 Å². The molecule has 0 spiro atoms. The second kappa shape index (κ2) is 2.88. The third-order valence-corrected chi connectivity index (χ3v) is 2.54. The molecule has 1 saturated carbocycles. The number of hydrogen-bond donors (Lipinski definition) is 0. The molecular weight excluding hydrogens is 150 g/mol. The fraction of sp³-hybridized carbons (Fsp3) is 0.778. The summed E-state index contributed by atoms with van der Waals surface area (Å²) in [5.41, 5.74) is 0. The molecule has 0 saturated heterocycles. The Morgan fingerprint density at radius 3 is 2.75 bits per heavy atom. The smallest absolute Gasteiger partial charge is 0.138 e. The lowest BCUT2D eigenvalue weighted by atomic mass is 9.93. The molecular formula is C9H15N3. The largest absolute Gasteiger partial charge is 0.247 e. The van der Waals surface area contributed by atoms with E-state index in [1.165, 1.54) is 19.3 Å². The van der Waals surface area contributed by atoms with Crippen LogP contribution in [0.25, 0.3) is 0 Å². The molecule has 3 heteroatoms. The van der Waals surface area contributed by atoms with E-state index in [2.05, 4.69) is 28.6 Å². The van der Waals surface area contributed by atoms with Crippen LogP contribution in [-0.2, 0) is 0 Å². The molecule has 1 heterocycles. The maximum atomic E-state index is 4.27.